The highest BCUT2D eigenvalue weighted by molar-refractivity contribution is 5.72. The SMILES string of the molecule is COc1ccc(-c2nc3n(c2N)CCCC3C)cc1C. The maximum absolute atomic E-state index is 6.31. The summed E-state index contributed by atoms with van der Waals surface area (Å²) in [6.07, 6.45) is 2.37. The number of methoxy groups -OCH3 is 1. The predicted molar refractivity (Wildman–Crippen MR) is 81.0 cm³/mol. The fourth-order valence-electron chi connectivity index (χ4n) is 3.02. The van der Waals surface area contributed by atoms with Crippen LogP contribution in [-0.2, 0) is 6.54 Å². The lowest BCUT2D eigenvalue weighted by Crippen LogP contribution is -2.15. The number of hydrogen-bond donors (Lipinski definition) is 1. The van der Waals surface area contributed by atoms with E-state index >= 15 is 0 Å². The third-order valence-corrected chi connectivity index (χ3v) is 4.16. The molecule has 2 N–H and O–H groups in total. The van der Waals surface area contributed by atoms with Crippen LogP contribution < -0.4 is 10.5 Å². The molecule has 1 unspecified atom stereocenters. The highest BCUT2D eigenvalue weighted by atomic mass is 16.5. The van der Waals surface area contributed by atoms with Gasteiger partial charge in [0.15, 0.2) is 0 Å². The average Bonchev–Trinajstić information content (AvgIpc) is 2.78. The molecule has 0 amide bonds. The summed E-state index contributed by atoms with van der Waals surface area (Å²) >= 11 is 0. The third-order valence-electron chi connectivity index (χ3n) is 4.16. The molecule has 0 saturated carbocycles. The van der Waals surface area contributed by atoms with Crippen molar-refractivity contribution in [2.45, 2.75) is 39.2 Å². The quantitative estimate of drug-likeness (QED) is 0.911. The number of anilines is 1. The molecule has 0 spiro atoms. The van der Waals surface area contributed by atoms with Gasteiger partial charge < -0.3 is 15.0 Å². The van der Waals surface area contributed by atoms with Crippen LogP contribution in [0, 0.1) is 6.92 Å². The van der Waals surface area contributed by atoms with E-state index in [-0.39, 0.29) is 0 Å². The van der Waals surface area contributed by atoms with E-state index in [9.17, 15) is 0 Å². The van der Waals surface area contributed by atoms with Crippen LogP contribution in [0.4, 0.5) is 5.82 Å². The summed E-state index contributed by atoms with van der Waals surface area (Å²) < 4.78 is 7.48. The Labute approximate surface area is 119 Å². The number of hydrogen-bond acceptors (Lipinski definition) is 3. The second-order valence-corrected chi connectivity index (χ2v) is 5.58. The van der Waals surface area contributed by atoms with E-state index in [0.717, 1.165) is 40.8 Å². The molecule has 0 fully saturated rings. The average molecular weight is 271 g/mol. The molecule has 1 aromatic heterocycles. The second-order valence-electron chi connectivity index (χ2n) is 5.58. The fraction of sp³-hybridized carbons (Fsp3) is 0.438. The molecule has 0 radical (unpaired) electrons. The lowest BCUT2D eigenvalue weighted by molar-refractivity contribution is 0.412. The van der Waals surface area contributed by atoms with E-state index in [0.29, 0.717) is 5.92 Å². The minimum absolute atomic E-state index is 0.485. The lowest BCUT2D eigenvalue weighted by Gasteiger charge is -2.20. The third kappa shape index (κ3) is 1.96. The van der Waals surface area contributed by atoms with E-state index in [2.05, 4.69) is 17.6 Å². The molecule has 2 heterocycles. The molecule has 4 heteroatoms. The first kappa shape index (κ1) is 13.0. The Morgan fingerprint density at radius 3 is 2.85 bits per heavy atom. The van der Waals surface area contributed by atoms with Gasteiger partial charge in [0.1, 0.15) is 23.1 Å². The van der Waals surface area contributed by atoms with Gasteiger partial charge in [0, 0.05) is 18.0 Å². The smallest absolute Gasteiger partial charge is 0.131 e. The molecule has 1 aliphatic heterocycles. The summed E-state index contributed by atoms with van der Waals surface area (Å²) in [5.74, 6) is 3.29. The molecule has 0 saturated heterocycles. The number of aromatic nitrogens is 2. The molecule has 0 bridgehead atoms. The van der Waals surface area contributed by atoms with Gasteiger partial charge in [-0.2, -0.15) is 0 Å². The van der Waals surface area contributed by atoms with Crippen LogP contribution in [0.1, 0.15) is 37.1 Å². The molecule has 106 valence electrons. The highest BCUT2D eigenvalue weighted by Crippen LogP contribution is 2.35. The molecule has 1 aliphatic rings. The van der Waals surface area contributed by atoms with Crippen molar-refractivity contribution in [2.24, 2.45) is 0 Å². The van der Waals surface area contributed by atoms with Gasteiger partial charge in [0.25, 0.3) is 0 Å². The number of nitrogens with zero attached hydrogens (tertiary/aromatic N) is 2. The molecular weight excluding hydrogens is 250 g/mol. The van der Waals surface area contributed by atoms with Crippen LogP contribution in [0.2, 0.25) is 0 Å². The number of nitrogen functional groups attached to an aromatic ring is 1. The Kier molecular flexibility index (Phi) is 3.16. The zero-order chi connectivity index (χ0) is 14.3. The minimum atomic E-state index is 0.485. The van der Waals surface area contributed by atoms with Crippen molar-refractivity contribution < 1.29 is 4.74 Å². The highest BCUT2D eigenvalue weighted by Gasteiger charge is 2.23. The second kappa shape index (κ2) is 4.85. The van der Waals surface area contributed by atoms with Crippen LogP contribution >= 0.6 is 0 Å². The van der Waals surface area contributed by atoms with Crippen LogP contribution in [0.5, 0.6) is 5.75 Å². The van der Waals surface area contributed by atoms with E-state index < -0.39 is 0 Å². The van der Waals surface area contributed by atoms with Crippen molar-refractivity contribution in [3.05, 3.63) is 29.6 Å². The van der Waals surface area contributed by atoms with Crippen molar-refractivity contribution in [3.63, 3.8) is 0 Å². The Morgan fingerprint density at radius 1 is 1.40 bits per heavy atom. The van der Waals surface area contributed by atoms with Gasteiger partial charge in [-0.05, 0) is 43.5 Å². The van der Waals surface area contributed by atoms with Crippen molar-refractivity contribution in [1.82, 2.24) is 9.55 Å². The predicted octanol–water partition coefficient (Wildman–Crippen LogP) is 3.35. The van der Waals surface area contributed by atoms with Crippen molar-refractivity contribution in [2.75, 3.05) is 12.8 Å². The van der Waals surface area contributed by atoms with Crippen LogP contribution in [0.15, 0.2) is 18.2 Å². The molecule has 0 aliphatic carbocycles. The Balaban J connectivity index is 2.09. The number of ether oxygens (including phenoxy) is 1. The zero-order valence-corrected chi connectivity index (χ0v) is 12.3. The summed E-state index contributed by atoms with van der Waals surface area (Å²) in [5, 5.41) is 0. The number of nitrogens with two attached hydrogens (primary N) is 1. The molecule has 20 heavy (non-hydrogen) atoms. The van der Waals surface area contributed by atoms with Crippen LogP contribution in [0.3, 0.4) is 0 Å². The zero-order valence-electron chi connectivity index (χ0n) is 12.3. The van der Waals surface area contributed by atoms with Crippen LogP contribution in [0.25, 0.3) is 11.3 Å². The Hall–Kier alpha value is -1.97. The van der Waals surface area contributed by atoms with E-state index in [1.54, 1.807) is 7.11 Å². The van der Waals surface area contributed by atoms with E-state index in [1.807, 2.05) is 19.1 Å². The van der Waals surface area contributed by atoms with Gasteiger partial charge in [-0.3, -0.25) is 0 Å². The van der Waals surface area contributed by atoms with Crippen molar-refractivity contribution >= 4 is 5.82 Å². The summed E-state index contributed by atoms with van der Waals surface area (Å²) in [5.41, 5.74) is 9.38. The van der Waals surface area contributed by atoms with Gasteiger partial charge in [-0.1, -0.05) is 6.92 Å². The first-order valence-corrected chi connectivity index (χ1v) is 7.12. The molecule has 1 aromatic carbocycles. The number of benzene rings is 1. The summed E-state index contributed by atoms with van der Waals surface area (Å²) in [7, 11) is 1.69. The normalized spacial score (nSPS) is 17.9. The van der Waals surface area contributed by atoms with Gasteiger partial charge >= 0.3 is 0 Å². The standard InChI is InChI=1S/C16H21N3O/c1-10-5-4-8-19-15(17)14(18-16(10)19)12-6-7-13(20-3)11(2)9-12/h6-7,9-10H,4-5,8,17H2,1-3H3. The topological polar surface area (TPSA) is 53.1 Å². The molecule has 3 rings (SSSR count). The number of fused-ring (bicyclic) bond motifs is 1. The molecular formula is C16H21N3O. The fourth-order valence-corrected chi connectivity index (χ4v) is 3.02. The summed E-state index contributed by atoms with van der Waals surface area (Å²) in [4.78, 5) is 4.80. The molecule has 2 aromatic rings. The summed E-state index contributed by atoms with van der Waals surface area (Å²) in [6.45, 7) is 5.24. The Bertz CT molecular complexity index is 645. The van der Waals surface area contributed by atoms with Gasteiger partial charge in [0.2, 0.25) is 0 Å². The van der Waals surface area contributed by atoms with Crippen molar-refractivity contribution in [3.8, 4) is 17.0 Å². The van der Waals surface area contributed by atoms with Gasteiger partial charge in [-0.15, -0.1) is 0 Å². The molecule has 1 atom stereocenters. The molecule has 4 nitrogen and oxygen atoms in total. The Morgan fingerprint density at radius 2 is 2.20 bits per heavy atom. The van der Waals surface area contributed by atoms with Crippen LogP contribution in [-0.4, -0.2) is 16.7 Å². The lowest BCUT2D eigenvalue weighted by atomic mass is 10.0. The summed E-state index contributed by atoms with van der Waals surface area (Å²) in [6, 6.07) is 6.10. The number of rotatable bonds is 2. The number of imidazole rings is 1. The van der Waals surface area contributed by atoms with Crippen molar-refractivity contribution in [1.29, 1.82) is 0 Å². The maximum atomic E-state index is 6.31. The van der Waals surface area contributed by atoms with Gasteiger partial charge in [0.05, 0.1) is 7.11 Å². The monoisotopic (exact) mass is 271 g/mol. The maximum Gasteiger partial charge on any atom is 0.131 e. The largest absolute Gasteiger partial charge is 0.496 e. The minimum Gasteiger partial charge on any atom is -0.496 e. The van der Waals surface area contributed by atoms with Gasteiger partial charge in [-0.25, -0.2) is 4.98 Å². The number of aryl methyl sites for hydroxylation is 1. The van der Waals surface area contributed by atoms with E-state index in [1.165, 1.54) is 12.8 Å². The van der Waals surface area contributed by atoms with E-state index in [4.69, 9.17) is 15.5 Å². The first-order valence-electron chi connectivity index (χ1n) is 7.12. The first-order chi connectivity index (χ1) is 9.61.